The van der Waals surface area contributed by atoms with Crippen LogP contribution in [0.2, 0.25) is 5.02 Å². The molecule has 0 saturated heterocycles. The molecule has 21 heavy (non-hydrogen) atoms. The summed E-state index contributed by atoms with van der Waals surface area (Å²) in [7, 11) is 0. The van der Waals surface area contributed by atoms with Crippen LogP contribution in [0.5, 0.6) is 5.75 Å². The molecule has 0 aliphatic rings. The molecule has 0 bridgehead atoms. The molecule has 0 fully saturated rings. The summed E-state index contributed by atoms with van der Waals surface area (Å²) in [5.41, 5.74) is 0.0940. The van der Waals surface area contributed by atoms with Gasteiger partial charge < -0.3 is 10.1 Å². The number of ether oxygens (including phenoxy) is 1. The SMILES string of the molecule is O=C(CCCOc1ccccc1)Nc1cccc(Cl)c1F. The molecule has 0 heterocycles. The Morgan fingerprint density at radius 2 is 1.90 bits per heavy atom. The first-order valence-electron chi connectivity index (χ1n) is 6.58. The summed E-state index contributed by atoms with van der Waals surface area (Å²) in [4.78, 5) is 11.7. The van der Waals surface area contributed by atoms with E-state index in [0.717, 1.165) is 5.75 Å². The fourth-order valence-corrected chi connectivity index (χ4v) is 1.93. The Balaban J connectivity index is 1.74. The molecule has 3 nitrogen and oxygen atoms in total. The maximum Gasteiger partial charge on any atom is 0.224 e. The molecule has 2 aromatic carbocycles. The van der Waals surface area contributed by atoms with Crippen molar-refractivity contribution in [1.29, 1.82) is 0 Å². The number of hydrogen-bond acceptors (Lipinski definition) is 2. The lowest BCUT2D eigenvalue weighted by Crippen LogP contribution is -2.13. The van der Waals surface area contributed by atoms with Gasteiger partial charge in [-0.25, -0.2) is 4.39 Å². The monoisotopic (exact) mass is 307 g/mol. The molecule has 1 N–H and O–H groups in total. The summed E-state index contributed by atoms with van der Waals surface area (Å²) in [6.45, 7) is 0.426. The van der Waals surface area contributed by atoms with Crippen LogP contribution in [0.3, 0.4) is 0 Å². The van der Waals surface area contributed by atoms with Crippen LogP contribution in [-0.4, -0.2) is 12.5 Å². The quantitative estimate of drug-likeness (QED) is 0.809. The van der Waals surface area contributed by atoms with Gasteiger partial charge in [-0.2, -0.15) is 0 Å². The number of rotatable bonds is 6. The molecular weight excluding hydrogens is 293 g/mol. The van der Waals surface area contributed by atoms with Crippen LogP contribution in [0.25, 0.3) is 0 Å². The number of para-hydroxylation sites is 1. The molecule has 5 heteroatoms. The molecular formula is C16H15ClFNO2. The van der Waals surface area contributed by atoms with Crippen molar-refractivity contribution in [3.05, 3.63) is 59.4 Å². The van der Waals surface area contributed by atoms with Gasteiger partial charge in [-0.3, -0.25) is 4.79 Å². The van der Waals surface area contributed by atoms with Crippen molar-refractivity contribution in [3.63, 3.8) is 0 Å². The number of amides is 1. The predicted molar refractivity (Wildman–Crippen MR) is 81.2 cm³/mol. The Bertz CT molecular complexity index is 604. The topological polar surface area (TPSA) is 38.3 Å². The van der Waals surface area contributed by atoms with Gasteiger partial charge in [-0.15, -0.1) is 0 Å². The highest BCUT2D eigenvalue weighted by Crippen LogP contribution is 2.22. The van der Waals surface area contributed by atoms with Crippen molar-refractivity contribution >= 4 is 23.2 Å². The average molecular weight is 308 g/mol. The van der Waals surface area contributed by atoms with Crippen LogP contribution >= 0.6 is 11.6 Å². The summed E-state index contributed by atoms with van der Waals surface area (Å²) >= 11 is 5.65. The van der Waals surface area contributed by atoms with E-state index >= 15 is 0 Å². The number of anilines is 1. The van der Waals surface area contributed by atoms with E-state index in [1.165, 1.54) is 12.1 Å². The second-order valence-corrected chi connectivity index (χ2v) is 4.82. The van der Waals surface area contributed by atoms with Crippen molar-refractivity contribution < 1.29 is 13.9 Å². The maximum atomic E-state index is 13.6. The highest BCUT2D eigenvalue weighted by atomic mass is 35.5. The van der Waals surface area contributed by atoms with Crippen LogP contribution in [-0.2, 0) is 4.79 Å². The molecule has 0 aliphatic heterocycles. The Morgan fingerprint density at radius 3 is 2.67 bits per heavy atom. The van der Waals surface area contributed by atoms with Crippen molar-refractivity contribution in [2.75, 3.05) is 11.9 Å². The van der Waals surface area contributed by atoms with Gasteiger partial charge in [-0.05, 0) is 30.7 Å². The summed E-state index contributed by atoms with van der Waals surface area (Å²) in [6, 6.07) is 13.8. The van der Waals surface area contributed by atoms with Crippen LogP contribution in [0, 0.1) is 5.82 Å². The van der Waals surface area contributed by atoms with Crippen molar-refractivity contribution in [2.24, 2.45) is 0 Å². The molecule has 2 rings (SSSR count). The molecule has 1 amide bonds. The van der Waals surface area contributed by atoms with E-state index in [-0.39, 0.29) is 23.0 Å². The van der Waals surface area contributed by atoms with Gasteiger partial charge in [0.05, 0.1) is 17.3 Å². The molecule has 2 aromatic rings. The average Bonchev–Trinajstić information content (AvgIpc) is 2.49. The highest BCUT2D eigenvalue weighted by molar-refractivity contribution is 6.31. The molecule has 110 valence electrons. The van der Waals surface area contributed by atoms with E-state index in [9.17, 15) is 9.18 Å². The second-order valence-electron chi connectivity index (χ2n) is 4.41. The largest absolute Gasteiger partial charge is 0.494 e. The van der Waals surface area contributed by atoms with Crippen LogP contribution in [0.1, 0.15) is 12.8 Å². The van der Waals surface area contributed by atoms with E-state index < -0.39 is 5.82 Å². The van der Waals surface area contributed by atoms with Gasteiger partial charge in [0.15, 0.2) is 5.82 Å². The molecule has 0 radical (unpaired) electrons. The number of benzene rings is 2. The smallest absolute Gasteiger partial charge is 0.224 e. The van der Waals surface area contributed by atoms with E-state index in [1.54, 1.807) is 6.07 Å². The van der Waals surface area contributed by atoms with E-state index in [0.29, 0.717) is 13.0 Å². The van der Waals surface area contributed by atoms with Gasteiger partial charge in [0, 0.05) is 6.42 Å². The van der Waals surface area contributed by atoms with Crippen LogP contribution < -0.4 is 10.1 Å². The normalized spacial score (nSPS) is 10.2. The third-order valence-corrected chi connectivity index (χ3v) is 3.08. The fraction of sp³-hybridized carbons (Fsp3) is 0.188. The maximum absolute atomic E-state index is 13.6. The number of hydrogen-bond donors (Lipinski definition) is 1. The van der Waals surface area contributed by atoms with Crippen molar-refractivity contribution in [1.82, 2.24) is 0 Å². The minimum Gasteiger partial charge on any atom is -0.494 e. The zero-order valence-electron chi connectivity index (χ0n) is 11.3. The van der Waals surface area contributed by atoms with Crippen molar-refractivity contribution in [2.45, 2.75) is 12.8 Å². The minimum absolute atomic E-state index is 0.0137. The zero-order chi connectivity index (χ0) is 15.1. The Labute approximate surface area is 127 Å². The lowest BCUT2D eigenvalue weighted by Gasteiger charge is -2.08. The van der Waals surface area contributed by atoms with Gasteiger partial charge in [-0.1, -0.05) is 35.9 Å². The number of carbonyl (C=O) groups excluding carboxylic acids is 1. The molecule has 0 aromatic heterocycles. The molecule has 0 atom stereocenters. The third-order valence-electron chi connectivity index (χ3n) is 2.79. The summed E-state index contributed by atoms with van der Waals surface area (Å²) < 4.78 is 19.1. The first-order valence-corrected chi connectivity index (χ1v) is 6.96. The van der Waals surface area contributed by atoms with Crippen LogP contribution in [0.4, 0.5) is 10.1 Å². The summed E-state index contributed by atoms with van der Waals surface area (Å²) in [6.07, 6.45) is 0.793. The van der Waals surface area contributed by atoms with E-state index in [2.05, 4.69) is 5.32 Å². The Hall–Kier alpha value is -2.07. The molecule has 0 aliphatic carbocycles. The fourth-order valence-electron chi connectivity index (χ4n) is 1.75. The lowest BCUT2D eigenvalue weighted by molar-refractivity contribution is -0.116. The molecule has 0 unspecified atom stereocenters. The standard InChI is InChI=1S/C16H15ClFNO2/c17-13-8-4-9-14(16(13)18)19-15(20)10-5-11-21-12-6-2-1-3-7-12/h1-4,6-9H,5,10-11H2,(H,19,20). The van der Waals surface area contributed by atoms with Crippen molar-refractivity contribution in [3.8, 4) is 5.75 Å². The Morgan fingerprint density at radius 1 is 1.14 bits per heavy atom. The van der Waals surface area contributed by atoms with Gasteiger partial charge >= 0.3 is 0 Å². The minimum atomic E-state index is -0.618. The highest BCUT2D eigenvalue weighted by Gasteiger charge is 2.09. The number of halogens is 2. The molecule has 0 spiro atoms. The van der Waals surface area contributed by atoms with Crippen LogP contribution in [0.15, 0.2) is 48.5 Å². The summed E-state index contributed by atoms with van der Waals surface area (Å²) in [5, 5.41) is 2.48. The predicted octanol–water partition coefficient (Wildman–Crippen LogP) is 4.28. The third kappa shape index (κ3) is 4.76. The van der Waals surface area contributed by atoms with Gasteiger partial charge in [0.25, 0.3) is 0 Å². The van der Waals surface area contributed by atoms with Gasteiger partial charge in [0.2, 0.25) is 5.91 Å². The molecule has 0 saturated carbocycles. The van der Waals surface area contributed by atoms with E-state index in [4.69, 9.17) is 16.3 Å². The van der Waals surface area contributed by atoms with Gasteiger partial charge in [0.1, 0.15) is 5.75 Å². The number of carbonyl (C=O) groups is 1. The van der Waals surface area contributed by atoms with E-state index in [1.807, 2.05) is 30.3 Å². The second kappa shape index (κ2) is 7.64. The Kier molecular flexibility index (Phi) is 5.58. The summed E-state index contributed by atoms with van der Waals surface area (Å²) in [5.74, 6) is -0.125. The zero-order valence-corrected chi connectivity index (χ0v) is 12.1. The first kappa shape index (κ1) is 15.3. The first-order chi connectivity index (χ1) is 10.2. The lowest BCUT2D eigenvalue weighted by atomic mass is 10.2. The number of nitrogens with one attached hydrogen (secondary N) is 1.